The number of hydrogen-bond acceptors (Lipinski definition) is 4. The molecule has 1 N–H and O–H groups in total. The first kappa shape index (κ1) is 19.7. The van der Waals surface area contributed by atoms with E-state index >= 15 is 0 Å². The zero-order chi connectivity index (χ0) is 16.3. The van der Waals surface area contributed by atoms with Gasteiger partial charge < -0.3 is 14.8 Å². The molecule has 0 heterocycles. The lowest BCUT2D eigenvalue weighted by atomic mass is 9.99. The highest BCUT2D eigenvalue weighted by molar-refractivity contribution is 5.81. The van der Waals surface area contributed by atoms with Crippen molar-refractivity contribution in [2.75, 3.05) is 13.2 Å². The average molecular weight is 301 g/mol. The molecule has 0 aromatic rings. The van der Waals surface area contributed by atoms with Gasteiger partial charge >= 0.3 is 12.1 Å². The monoisotopic (exact) mass is 301 g/mol. The number of esters is 1. The van der Waals surface area contributed by atoms with Crippen LogP contribution in [-0.4, -0.2) is 31.3 Å². The minimum absolute atomic E-state index is 0.00951. The van der Waals surface area contributed by atoms with Crippen molar-refractivity contribution in [2.24, 2.45) is 11.8 Å². The molecule has 0 spiro atoms. The van der Waals surface area contributed by atoms with E-state index in [1.54, 1.807) is 0 Å². The molecule has 2 atom stereocenters. The summed E-state index contributed by atoms with van der Waals surface area (Å²) in [6.45, 7) is 10.6. The molecule has 0 fully saturated rings. The van der Waals surface area contributed by atoms with Gasteiger partial charge in [-0.1, -0.05) is 53.9 Å². The molecule has 5 heteroatoms. The fraction of sp³-hybridized carbons (Fsp3) is 0.875. The minimum Gasteiger partial charge on any atom is -0.464 e. The van der Waals surface area contributed by atoms with Crippen molar-refractivity contribution < 1.29 is 19.1 Å². The van der Waals surface area contributed by atoms with Crippen LogP contribution in [0.5, 0.6) is 0 Å². The van der Waals surface area contributed by atoms with E-state index in [0.29, 0.717) is 13.2 Å². The van der Waals surface area contributed by atoms with Crippen molar-refractivity contribution in [1.29, 1.82) is 0 Å². The fourth-order valence-electron chi connectivity index (χ4n) is 1.69. The molecule has 0 aromatic heterocycles. The Hall–Kier alpha value is -1.26. The summed E-state index contributed by atoms with van der Waals surface area (Å²) >= 11 is 0. The van der Waals surface area contributed by atoms with Gasteiger partial charge in [0.05, 0.1) is 13.2 Å². The summed E-state index contributed by atoms with van der Waals surface area (Å²) in [5, 5.41) is 2.63. The molecule has 0 aliphatic carbocycles. The lowest BCUT2D eigenvalue weighted by molar-refractivity contribution is -0.147. The van der Waals surface area contributed by atoms with Crippen LogP contribution < -0.4 is 5.32 Å². The van der Waals surface area contributed by atoms with Gasteiger partial charge in [0.2, 0.25) is 0 Å². The van der Waals surface area contributed by atoms with Crippen molar-refractivity contribution in [3.05, 3.63) is 0 Å². The minimum atomic E-state index is -0.642. The third kappa shape index (κ3) is 9.32. The maximum absolute atomic E-state index is 12.1. The highest BCUT2D eigenvalue weighted by atomic mass is 16.6. The maximum atomic E-state index is 12.1. The van der Waals surface area contributed by atoms with Crippen LogP contribution in [0, 0.1) is 11.8 Å². The summed E-state index contributed by atoms with van der Waals surface area (Å²) in [5.74, 6) is -0.101. The zero-order valence-electron chi connectivity index (χ0n) is 14.1. The Bertz CT molecular complexity index is 305. The topological polar surface area (TPSA) is 64.6 Å². The van der Waals surface area contributed by atoms with Crippen molar-refractivity contribution in [3.63, 3.8) is 0 Å². The van der Waals surface area contributed by atoms with Crippen LogP contribution in [0.2, 0.25) is 0 Å². The zero-order valence-corrected chi connectivity index (χ0v) is 14.1. The van der Waals surface area contributed by atoms with Crippen molar-refractivity contribution in [1.82, 2.24) is 5.32 Å². The summed E-state index contributed by atoms with van der Waals surface area (Å²) < 4.78 is 10.3. The van der Waals surface area contributed by atoms with E-state index in [0.717, 1.165) is 25.7 Å². The second kappa shape index (κ2) is 11.4. The van der Waals surface area contributed by atoms with E-state index in [2.05, 4.69) is 12.2 Å². The summed E-state index contributed by atoms with van der Waals surface area (Å²) in [7, 11) is 0. The molecule has 0 bridgehead atoms. The van der Waals surface area contributed by atoms with E-state index in [4.69, 9.17) is 9.47 Å². The summed E-state index contributed by atoms with van der Waals surface area (Å²) in [5.41, 5.74) is 0. The maximum Gasteiger partial charge on any atom is 0.407 e. The van der Waals surface area contributed by atoms with Crippen LogP contribution in [0.15, 0.2) is 0 Å². The molecule has 0 radical (unpaired) electrons. The average Bonchev–Trinajstić information content (AvgIpc) is 2.46. The SMILES string of the molecule is CCCCCOC(=O)[C@@H](NC(=O)OCC(C)C)C(C)CC. The Labute approximate surface area is 128 Å². The normalized spacial score (nSPS) is 13.6. The largest absolute Gasteiger partial charge is 0.464 e. The molecule has 0 rings (SSSR count). The Morgan fingerprint density at radius 2 is 1.71 bits per heavy atom. The molecule has 124 valence electrons. The first-order valence-electron chi connectivity index (χ1n) is 8.02. The van der Waals surface area contributed by atoms with Gasteiger partial charge in [-0.15, -0.1) is 0 Å². The van der Waals surface area contributed by atoms with E-state index < -0.39 is 12.1 Å². The summed E-state index contributed by atoms with van der Waals surface area (Å²) in [6.07, 6.45) is 3.18. The van der Waals surface area contributed by atoms with Crippen LogP contribution in [0.4, 0.5) is 4.79 Å². The summed E-state index contributed by atoms with van der Waals surface area (Å²) in [6, 6.07) is -0.642. The second-order valence-corrected chi connectivity index (χ2v) is 5.87. The molecule has 1 unspecified atom stereocenters. The van der Waals surface area contributed by atoms with E-state index in [1.807, 2.05) is 27.7 Å². The van der Waals surface area contributed by atoms with Gasteiger partial charge in [-0.05, 0) is 18.3 Å². The van der Waals surface area contributed by atoms with Crippen LogP contribution >= 0.6 is 0 Å². The van der Waals surface area contributed by atoms with Crippen molar-refractivity contribution in [3.8, 4) is 0 Å². The number of amides is 1. The van der Waals surface area contributed by atoms with Gasteiger partial charge in [-0.3, -0.25) is 0 Å². The lowest BCUT2D eigenvalue weighted by Gasteiger charge is -2.22. The fourth-order valence-corrected chi connectivity index (χ4v) is 1.69. The molecule has 0 aromatic carbocycles. The third-order valence-electron chi connectivity index (χ3n) is 3.28. The molecule has 1 amide bonds. The quantitative estimate of drug-likeness (QED) is 0.495. The molecule has 5 nitrogen and oxygen atoms in total. The number of carbonyl (C=O) groups is 2. The molecule has 0 aliphatic heterocycles. The van der Waals surface area contributed by atoms with Crippen LogP contribution in [0.1, 0.15) is 60.3 Å². The van der Waals surface area contributed by atoms with Gasteiger partial charge in [0, 0.05) is 0 Å². The van der Waals surface area contributed by atoms with E-state index in [-0.39, 0.29) is 17.8 Å². The Kier molecular flexibility index (Phi) is 10.7. The summed E-state index contributed by atoms with van der Waals surface area (Å²) in [4.78, 5) is 23.8. The Morgan fingerprint density at radius 3 is 2.24 bits per heavy atom. The molecular formula is C16H31NO4. The van der Waals surface area contributed by atoms with Crippen LogP contribution in [0.3, 0.4) is 0 Å². The lowest BCUT2D eigenvalue weighted by Crippen LogP contribution is -2.46. The number of hydrogen-bond donors (Lipinski definition) is 1. The van der Waals surface area contributed by atoms with E-state index in [1.165, 1.54) is 0 Å². The van der Waals surface area contributed by atoms with Gasteiger partial charge in [0.15, 0.2) is 0 Å². The van der Waals surface area contributed by atoms with Gasteiger partial charge in [-0.25, -0.2) is 9.59 Å². The predicted molar refractivity (Wildman–Crippen MR) is 83.0 cm³/mol. The highest BCUT2D eigenvalue weighted by Gasteiger charge is 2.27. The number of carbonyl (C=O) groups excluding carboxylic acids is 2. The van der Waals surface area contributed by atoms with Crippen molar-refractivity contribution >= 4 is 12.1 Å². The molecule has 21 heavy (non-hydrogen) atoms. The van der Waals surface area contributed by atoms with Gasteiger partial charge in [0.25, 0.3) is 0 Å². The third-order valence-corrected chi connectivity index (χ3v) is 3.28. The van der Waals surface area contributed by atoms with Crippen LogP contribution in [0.25, 0.3) is 0 Å². The number of rotatable bonds is 10. The first-order chi connectivity index (χ1) is 9.92. The molecular weight excluding hydrogens is 270 g/mol. The van der Waals surface area contributed by atoms with Gasteiger partial charge in [0.1, 0.15) is 6.04 Å². The number of alkyl carbamates (subject to hydrolysis) is 1. The molecule has 0 saturated carbocycles. The molecule has 0 saturated heterocycles. The second-order valence-electron chi connectivity index (χ2n) is 5.87. The Morgan fingerprint density at radius 1 is 1.05 bits per heavy atom. The van der Waals surface area contributed by atoms with E-state index in [9.17, 15) is 9.59 Å². The predicted octanol–water partition coefficient (Wildman–Crippen LogP) is 3.52. The Balaban J connectivity index is 4.36. The smallest absolute Gasteiger partial charge is 0.407 e. The van der Waals surface area contributed by atoms with Crippen molar-refractivity contribution in [2.45, 2.75) is 66.3 Å². The number of ether oxygens (including phenoxy) is 2. The van der Waals surface area contributed by atoms with Crippen LogP contribution in [-0.2, 0) is 14.3 Å². The number of nitrogens with one attached hydrogen (secondary N) is 1. The number of unbranched alkanes of at least 4 members (excludes halogenated alkanes) is 2. The molecule has 0 aliphatic rings. The van der Waals surface area contributed by atoms with Gasteiger partial charge in [-0.2, -0.15) is 0 Å². The standard InChI is InChI=1S/C16H31NO4/c1-6-8-9-10-20-15(18)14(13(5)7-2)17-16(19)21-11-12(3)4/h12-14H,6-11H2,1-5H3,(H,17,19)/t13?,14-/m0/s1. The highest BCUT2D eigenvalue weighted by Crippen LogP contribution is 2.10. The first-order valence-corrected chi connectivity index (χ1v) is 8.02.